The van der Waals surface area contributed by atoms with Crippen LogP contribution in [-0.4, -0.2) is 21.1 Å². The van der Waals surface area contributed by atoms with E-state index in [1.54, 1.807) is 0 Å². The minimum absolute atomic E-state index is 0.0991. The van der Waals surface area contributed by atoms with E-state index in [9.17, 15) is 0 Å². The van der Waals surface area contributed by atoms with Gasteiger partial charge in [0, 0.05) is 12.1 Å². The second-order valence-corrected chi connectivity index (χ2v) is 3.99. The molecule has 0 saturated carbocycles. The number of nitrogens with two attached hydrogens (primary N) is 1. The first kappa shape index (κ1) is 11.4. The van der Waals surface area contributed by atoms with Crippen LogP contribution in [-0.2, 0) is 6.42 Å². The number of aliphatic hydroxyl groups is 1. The van der Waals surface area contributed by atoms with Crippen LogP contribution in [0, 0.1) is 0 Å². The van der Waals surface area contributed by atoms with Crippen molar-refractivity contribution in [1.82, 2.24) is 9.38 Å². The van der Waals surface area contributed by atoms with E-state index in [1.807, 2.05) is 29.5 Å². The normalized spacial score (nSPS) is 13.2. The van der Waals surface area contributed by atoms with Crippen LogP contribution in [0.15, 0.2) is 18.2 Å². The van der Waals surface area contributed by atoms with Gasteiger partial charge in [-0.25, -0.2) is 4.98 Å². The molecule has 16 heavy (non-hydrogen) atoms. The number of aryl methyl sites for hydroxylation is 1. The van der Waals surface area contributed by atoms with Crippen molar-refractivity contribution in [3.05, 3.63) is 34.9 Å². The minimum atomic E-state index is -0.417. The van der Waals surface area contributed by atoms with Crippen molar-refractivity contribution >= 4 is 17.1 Å². The lowest BCUT2D eigenvalue weighted by Gasteiger charge is -2.12. The average Bonchev–Trinajstić information content (AvgIpc) is 2.65. The van der Waals surface area contributed by atoms with Crippen LogP contribution in [0.3, 0.4) is 0 Å². The highest BCUT2D eigenvalue weighted by molar-refractivity contribution is 6.32. The number of imidazole rings is 1. The Morgan fingerprint density at radius 3 is 2.94 bits per heavy atom. The zero-order valence-electron chi connectivity index (χ0n) is 9.02. The fraction of sp³-hybridized carbons (Fsp3) is 0.364. The van der Waals surface area contributed by atoms with E-state index in [2.05, 4.69) is 4.98 Å². The van der Waals surface area contributed by atoms with Gasteiger partial charge in [0.25, 0.3) is 0 Å². The SMILES string of the molecule is CCc1nc(Cl)c2cccc(C(N)CO)n12. The Morgan fingerprint density at radius 1 is 1.56 bits per heavy atom. The molecule has 1 unspecified atom stereocenters. The molecule has 2 rings (SSSR count). The van der Waals surface area contributed by atoms with E-state index >= 15 is 0 Å². The summed E-state index contributed by atoms with van der Waals surface area (Å²) in [5.41, 5.74) is 7.51. The topological polar surface area (TPSA) is 63.5 Å². The zero-order valence-corrected chi connectivity index (χ0v) is 9.78. The molecule has 0 aliphatic carbocycles. The Bertz CT molecular complexity index is 509. The molecule has 4 nitrogen and oxygen atoms in total. The summed E-state index contributed by atoms with van der Waals surface area (Å²) in [4.78, 5) is 4.28. The Hall–Kier alpha value is -1.10. The van der Waals surface area contributed by atoms with Gasteiger partial charge in [-0.2, -0.15) is 0 Å². The third kappa shape index (κ3) is 1.69. The maximum atomic E-state index is 9.13. The van der Waals surface area contributed by atoms with Gasteiger partial charge in [-0.05, 0) is 12.1 Å². The summed E-state index contributed by atoms with van der Waals surface area (Å²) in [5, 5.41) is 9.60. The van der Waals surface area contributed by atoms with Crippen LogP contribution in [0.5, 0.6) is 0 Å². The van der Waals surface area contributed by atoms with Gasteiger partial charge in [-0.15, -0.1) is 0 Å². The van der Waals surface area contributed by atoms with Crippen molar-refractivity contribution in [3.8, 4) is 0 Å². The number of nitrogens with zero attached hydrogens (tertiary/aromatic N) is 2. The molecule has 0 aromatic carbocycles. The third-order valence-corrected chi connectivity index (χ3v) is 2.89. The summed E-state index contributed by atoms with van der Waals surface area (Å²) < 4.78 is 1.92. The van der Waals surface area contributed by atoms with E-state index in [4.69, 9.17) is 22.4 Å². The van der Waals surface area contributed by atoms with E-state index in [1.165, 1.54) is 0 Å². The largest absolute Gasteiger partial charge is 0.394 e. The Kier molecular flexibility index (Phi) is 3.14. The number of rotatable bonds is 3. The van der Waals surface area contributed by atoms with Gasteiger partial charge >= 0.3 is 0 Å². The highest BCUT2D eigenvalue weighted by atomic mass is 35.5. The molecule has 0 bridgehead atoms. The molecule has 0 radical (unpaired) electrons. The summed E-state index contributed by atoms with van der Waals surface area (Å²) in [5.74, 6) is 0.861. The van der Waals surface area contributed by atoms with Crippen LogP contribution in [0.1, 0.15) is 24.5 Å². The molecule has 2 aromatic heterocycles. The number of pyridine rings is 1. The van der Waals surface area contributed by atoms with Crippen molar-refractivity contribution in [3.63, 3.8) is 0 Å². The molecule has 86 valence electrons. The first-order chi connectivity index (χ1) is 7.69. The highest BCUT2D eigenvalue weighted by Gasteiger charge is 2.14. The number of aliphatic hydroxyl groups excluding tert-OH is 1. The monoisotopic (exact) mass is 239 g/mol. The first-order valence-corrected chi connectivity index (χ1v) is 5.59. The molecule has 2 heterocycles. The van der Waals surface area contributed by atoms with Gasteiger partial charge in [-0.3, -0.25) is 4.40 Å². The number of hydrogen-bond acceptors (Lipinski definition) is 3. The van der Waals surface area contributed by atoms with Crippen molar-refractivity contribution in [2.75, 3.05) is 6.61 Å². The zero-order chi connectivity index (χ0) is 11.7. The molecule has 0 spiro atoms. The lowest BCUT2D eigenvalue weighted by Crippen LogP contribution is -2.18. The van der Waals surface area contributed by atoms with Crippen molar-refractivity contribution in [2.24, 2.45) is 5.73 Å². The number of fused-ring (bicyclic) bond motifs is 1. The predicted octanol–water partition coefficient (Wildman–Crippen LogP) is 1.54. The maximum absolute atomic E-state index is 9.13. The number of aromatic nitrogens is 2. The summed E-state index contributed by atoms with van der Waals surface area (Å²) in [6.45, 7) is 1.91. The summed E-state index contributed by atoms with van der Waals surface area (Å²) in [6.07, 6.45) is 0.767. The molecule has 0 saturated heterocycles. The molecular formula is C11H14ClN3O. The van der Waals surface area contributed by atoms with Crippen LogP contribution >= 0.6 is 11.6 Å². The summed E-state index contributed by atoms with van der Waals surface area (Å²) in [7, 11) is 0. The molecule has 5 heteroatoms. The lowest BCUT2D eigenvalue weighted by atomic mass is 10.2. The number of halogens is 1. The molecule has 0 amide bonds. The summed E-state index contributed by atoms with van der Waals surface area (Å²) >= 11 is 6.04. The van der Waals surface area contributed by atoms with E-state index in [0.717, 1.165) is 23.5 Å². The average molecular weight is 240 g/mol. The van der Waals surface area contributed by atoms with E-state index in [-0.39, 0.29) is 6.61 Å². The standard InChI is InChI=1S/C11H14ClN3O/c1-2-10-14-11(12)9-5-3-4-8(15(9)10)7(13)6-16/h3-5,7,16H,2,6,13H2,1H3. The molecule has 1 atom stereocenters. The van der Waals surface area contributed by atoms with Gasteiger partial charge in [-0.1, -0.05) is 24.6 Å². The van der Waals surface area contributed by atoms with Crippen LogP contribution in [0.4, 0.5) is 0 Å². The molecule has 3 N–H and O–H groups in total. The Labute approximate surface area is 98.7 Å². The molecular weight excluding hydrogens is 226 g/mol. The second-order valence-electron chi connectivity index (χ2n) is 3.63. The first-order valence-electron chi connectivity index (χ1n) is 5.21. The van der Waals surface area contributed by atoms with Gasteiger partial charge in [0.2, 0.25) is 0 Å². The van der Waals surface area contributed by atoms with Crippen molar-refractivity contribution in [2.45, 2.75) is 19.4 Å². The van der Waals surface area contributed by atoms with Gasteiger partial charge < -0.3 is 10.8 Å². The van der Waals surface area contributed by atoms with Gasteiger partial charge in [0.15, 0.2) is 5.15 Å². The highest BCUT2D eigenvalue weighted by Crippen LogP contribution is 2.22. The van der Waals surface area contributed by atoms with Gasteiger partial charge in [0.1, 0.15) is 5.82 Å². The fourth-order valence-electron chi connectivity index (χ4n) is 1.82. The molecule has 0 aliphatic heterocycles. The quantitative estimate of drug-likeness (QED) is 0.854. The number of hydrogen-bond donors (Lipinski definition) is 2. The molecule has 0 aliphatic rings. The smallest absolute Gasteiger partial charge is 0.155 e. The molecule has 2 aromatic rings. The van der Waals surface area contributed by atoms with E-state index in [0.29, 0.717) is 5.15 Å². The maximum Gasteiger partial charge on any atom is 0.155 e. The fourth-order valence-corrected chi connectivity index (χ4v) is 2.06. The Balaban J connectivity index is 2.74. The van der Waals surface area contributed by atoms with Crippen LogP contribution in [0.2, 0.25) is 5.15 Å². The van der Waals surface area contributed by atoms with Crippen molar-refractivity contribution < 1.29 is 5.11 Å². The lowest BCUT2D eigenvalue weighted by molar-refractivity contribution is 0.265. The second kappa shape index (κ2) is 4.41. The summed E-state index contributed by atoms with van der Waals surface area (Å²) in [6, 6.07) is 5.22. The predicted molar refractivity (Wildman–Crippen MR) is 63.6 cm³/mol. The third-order valence-electron chi connectivity index (χ3n) is 2.61. The van der Waals surface area contributed by atoms with Crippen molar-refractivity contribution in [1.29, 1.82) is 0 Å². The minimum Gasteiger partial charge on any atom is -0.394 e. The van der Waals surface area contributed by atoms with E-state index < -0.39 is 6.04 Å². The van der Waals surface area contributed by atoms with Gasteiger partial charge in [0.05, 0.1) is 18.2 Å². The molecule has 0 fully saturated rings. The Morgan fingerprint density at radius 2 is 2.31 bits per heavy atom. The van der Waals surface area contributed by atoms with Crippen LogP contribution in [0.25, 0.3) is 5.52 Å². The van der Waals surface area contributed by atoms with Crippen LogP contribution < -0.4 is 5.73 Å².